The van der Waals surface area contributed by atoms with Crippen LogP contribution in [0.1, 0.15) is 35.3 Å². The number of hydrogen-bond donors (Lipinski definition) is 2. The van der Waals surface area contributed by atoms with Crippen LogP contribution in [0.5, 0.6) is 0 Å². The summed E-state index contributed by atoms with van der Waals surface area (Å²) in [6.45, 7) is 2.53. The molecule has 2 N–H and O–H groups in total. The van der Waals surface area contributed by atoms with Crippen molar-refractivity contribution in [3.63, 3.8) is 0 Å². The van der Waals surface area contributed by atoms with Gasteiger partial charge < -0.3 is 14.8 Å². The molecule has 1 aromatic rings. The van der Waals surface area contributed by atoms with Gasteiger partial charge in [0.05, 0.1) is 30.5 Å². The van der Waals surface area contributed by atoms with E-state index in [-0.39, 0.29) is 6.61 Å². The third-order valence-corrected chi connectivity index (χ3v) is 3.62. The number of carbonyl (C=O) groups is 3. The van der Waals surface area contributed by atoms with E-state index < -0.39 is 57.1 Å². The molecule has 1 rings (SSSR count). The predicted octanol–water partition coefficient (Wildman–Crippen LogP) is 3.70. The lowest BCUT2D eigenvalue weighted by Crippen LogP contribution is -2.26. The number of amides is 2. The van der Waals surface area contributed by atoms with Crippen LogP contribution >= 0.6 is 23.2 Å². The number of hydrogen-bond acceptors (Lipinski definition) is 6. The monoisotopic (exact) mass is 457 g/mol. The number of anilines is 1. The molecule has 13 heteroatoms. The molecule has 0 atom stereocenters. The van der Waals surface area contributed by atoms with Crippen LogP contribution < -0.4 is 10.7 Å². The van der Waals surface area contributed by atoms with E-state index in [1.165, 1.54) is 6.92 Å². The number of methoxy groups -OCH3 is 1. The Morgan fingerprint density at radius 1 is 1.21 bits per heavy atom. The fraction of sp³-hybridized carbons (Fsp3) is 0.375. The highest BCUT2D eigenvalue weighted by atomic mass is 35.5. The number of halogens is 5. The van der Waals surface area contributed by atoms with E-state index in [1.807, 2.05) is 5.43 Å². The van der Waals surface area contributed by atoms with Gasteiger partial charge in [0.2, 0.25) is 5.91 Å². The number of carbonyl (C=O) groups excluding carboxylic acids is 3. The maximum absolute atomic E-state index is 13.6. The Morgan fingerprint density at radius 3 is 2.28 bits per heavy atom. The Labute approximate surface area is 173 Å². The van der Waals surface area contributed by atoms with Crippen molar-refractivity contribution in [2.75, 3.05) is 19.0 Å². The highest BCUT2D eigenvalue weighted by Gasteiger charge is 2.37. The number of esters is 1. The summed E-state index contributed by atoms with van der Waals surface area (Å²) in [7, 11) is 1.00. The van der Waals surface area contributed by atoms with Crippen molar-refractivity contribution in [1.29, 1.82) is 0 Å². The quantitative estimate of drug-likeness (QED) is 0.293. The molecule has 0 heterocycles. The summed E-state index contributed by atoms with van der Waals surface area (Å²) in [4.78, 5) is 33.1. The van der Waals surface area contributed by atoms with Gasteiger partial charge in [0.15, 0.2) is 4.84 Å². The van der Waals surface area contributed by atoms with Crippen LogP contribution in [-0.4, -0.2) is 42.2 Å². The lowest BCUT2D eigenvalue weighted by Gasteiger charge is -2.19. The third-order valence-electron chi connectivity index (χ3n) is 3.20. The van der Waals surface area contributed by atoms with E-state index in [0.29, 0.717) is 6.07 Å². The molecule has 2 amide bonds. The van der Waals surface area contributed by atoms with Gasteiger partial charge in [-0.3, -0.25) is 4.79 Å². The molecular weight excluding hydrogens is 442 g/mol. The van der Waals surface area contributed by atoms with Gasteiger partial charge in [-0.05, 0) is 19.1 Å². The van der Waals surface area contributed by atoms with Gasteiger partial charge in [-0.1, -0.05) is 23.2 Å². The Morgan fingerprint density at radius 2 is 1.83 bits per heavy atom. The largest absolute Gasteiger partial charge is 0.465 e. The summed E-state index contributed by atoms with van der Waals surface area (Å²) in [6, 6.07) is 1.27. The Bertz CT molecular complexity index is 829. The predicted molar refractivity (Wildman–Crippen MR) is 99.3 cm³/mol. The molecular formula is C16H16Cl2F3N3O5. The summed E-state index contributed by atoms with van der Waals surface area (Å²) >= 11 is 11.5. The highest BCUT2D eigenvalue weighted by molar-refractivity contribution is 6.56. The lowest BCUT2D eigenvalue weighted by atomic mass is 9.98. The van der Waals surface area contributed by atoms with E-state index in [1.54, 1.807) is 0 Å². The van der Waals surface area contributed by atoms with Crippen molar-refractivity contribution in [3.8, 4) is 0 Å². The molecule has 0 saturated carbocycles. The zero-order valence-electron chi connectivity index (χ0n) is 15.3. The number of benzene rings is 1. The minimum atomic E-state index is -4.95. The lowest BCUT2D eigenvalue weighted by molar-refractivity contribution is -0.137. The topological polar surface area (TPSA) is 106 Å². The standard InChI is InChI=1S/C16H16Cl2F3N3O5/c1-4-29-15(27)24-23-12(13(17)18)8-5-9(14(26)28-3)11(22-7(2)25)6-10(8)16(19,20)21/h5-6,13H,4H2,1-3H3,(H,22,25)(H,24,27)/b23-12-. The van der Waals surface area contributed by atoms with Crippen molar-refractivity contribution in [3.05, 3.63) is 28.8 Å². The number of nitrogens with one attached hydrogen (secondary N) is 2. The number of rotatable bonds is 6. The van der Waals surface area contributed by atoms with Gasteiger partial charge in [-0.15, -0.1) is 0 Å². The van der Waals surface area contributed by atoms with Gasteiger partial charge in [-0.2, -0.15) is 18.3 Å². The molecule has 0 aliphatic carbocycles. The molecule has 1 aromatic carbocycles. The first-order chi connectivity index (χ1) is 13.4. The molecule has 29 heavy (non-hydrogen) atoms. The summed E-state index contributed by atoms with van der Waals surface area (Å²) < 4.78 is 50.0. The van der Waals surface area contributed by atoms with E-state index in [9.17, 15) is 27.6 Å². The maximum Gasteiger partial charge on any atom is 0.427 e. The molecule has 8 nitrogen and oxygen atoms in total. The summed E-state index contributed by atoms with van der Waals surface area (Å²) in [5.41, 5.74) is -1.64. The van der Waals surface area contributed by atoms with Crippen molar-refractivity contribution >= 4 is 52.6 Å². The molecule has 0 aromatic heterocycles. The van der Waals surface area contributed by atoms with Crippen LogP contribution in [0.3, 0.4) is 0 Å². The molecule has 0 bridgehead atoms. The average molecular weight is 458 g/mol. The fourth-order valence-electron chi connectivity index (χ4n) is 2.11. The van der Waals surface area contributed by atoms with Gasteiger partial charge in [0.1, 0.15) is 5.71 Å². The fourth-order valence-corrected chi connectivity index (χ4v) is 2.45. The van der Waals surface area contributed by atoms with E-state index >= 15 is 0 Å². The van der Waals surface area contributed by atoms with Crippen molar-refractivity contribution < 1.29 is 37.0 Å². The van der Waals surface area contributed by atoms with E-state index in [2.05, 4.69) is 19.9 Å². The van der Waals surface area contributed by atoms with Crippen molar-refractivity contribution in [2.45, 2.75) is 24.9 Å². The normalized spacial score (nSPS) is 11.8. The van der Waals surface area contributed by atoms with Gasteiger partial charge in [0.25, 0.3) is 0 Å². The maximum atomic E-state index is 13.6. The number of alkyl halides is 5. The van der Waals surface area contributed by atoms with Crippen LogP contribution in [0.15, 0.2) is 17.2 Å². The zero-order chi connectivity index (χ0) is 22.4. The SMILES string of the molecule is CCOC(=O)N/N=C(/c1cc(C(=O)OC)c(NC(C)=O)cc1C(F)(F)F)C(Cl)Cl. The highest BCUT2D eigenvalue weighted by Crippen LogP contribution is 2.37. The summed E-state index contributed by atoms with van der Waals surface area (Å²) in [5.74, 6) is -1.76. The summed E-state index contributed by atoms with van der Waals surface area (Å²) in [5, 5.41) is 5.62. The molecule has 0 aliphatic heterocycles. The van der Waals surface area contributed by atoms with Crippen LogP contribution in [0, 0.1) is 0 Å². The number of nitrogens with zero attached hydrogens (tertiary/aromatic N) is 1. The Balaban J connectivity index is 3.74. The van der Waals surface area contributed by atoms with E-state index in [4.69, 9.17) is 23.2 Å². The second kappa shape index (κ2) is 10.3. The van der Waals surface area contributed by atoms with Crippen LogP contribution in [0.25, 0.3) is 0 Å². The molecule has 0 unspecified atom stereocenters. The van der Waals surface area contributed by atoms with Crippen LogP contribution in [0.4, 0.5) is 23.7 Å². The van der Waals surface area contributed by atoms with Crippen LogP contribution in [-0.2, 0) is 20.4 Å². The van der Waals surface area contributed by atoms with Gasteiger partial charge >= 0.3 is 18.2 Å². The molecule has 160 valence electrons. The average Bonchev–Trinajstić information content (AvgIpc) is 2.60. The number of hydrazone groups is 1. The Hall–Kier alpha value is -2.53. The second-order valence-electron chi connectivity index (χ2n) is 5.24. The summed E-state index contributed by atoms with van der Waals surface area (Å²) in [6.07, 6.45) is -6.01. The minimum absolute atomic E-state index is 0.0203. The Kier molecular flexibility index (Phi) is 8.71. The van der Waals surface area contributed by atoms with Gasteiger partial charge in [-0.25, -0.2) is 15.0 Å². The molecule has 0 saturated heterocycles. The number of ether oxygens (including phenoxy) is 2. The smallest absolute Gasteiger partial charge is 0.427 e. The minimum Gasteiger partial charge on any atom is -0.465 e. The second-order valence-corrected chi connectivity index (χ2v) is 6.34. The molecule has 0 fully saturated rings. The van der Waals surface area contributed by atoms with Gasteiger partial charge in [0, 0.05) is 12.5 Å². The first-order valence-electron chi connectivity index (χ1n) is 7.82. The molecule has 0 radical (unpaired) electrons. The van der Waals surface area contributed by atoms with Crippen molar-refractivity contribution in [1.82, 2.24) is 5.43 Å². The zero-order valence-corrected chi connectivity index (χ0v) is 16.8. The first kappa shape index (κ1) is 24.5. The van der Waals surface area contributed by atoms with E-state index in [0.717, 1.165) is 20.1 Å². The first-order valence-corrected chi connectivity index (χ1v) is 8.69. The molecule has 0 aliphatic rings. The molecule has 0 spiro atoms. The third kappa shape index (κ3) is 6.79. The van der Waals surface area contributed by atoms with Crippen molar-refractivity contribution in [2.24, 2.45) is 5.10 Å². The van der Waals surface area contributed by atoms with Crippen LogP contribution in [0.2, 0.25) is 0 Å².